The molecule has 0 saturated carbocycles. The second-order valence-corrected chi connectivity index (χ2v) is 4.18. The first kappa shape index (κ1) is 13.8. The molecule has 0 spiro atoms. The average Bonchev–Trinajstić information content (AvgIpc) is 2.38. The van der Waals surface area contributed by atoms with Crippen LogP contribution >= 0.6 is 11.6 Å². The molecule has 1 aromatic carbocycles. The molecule has 102 valence electrons. The fourth-order valence-electron chi connectivity index (χ4n) is 1.52. The lowest BCUT2D eigenvalue weighted by Gasteiger charge is -2.06. The van der Waals surface area contributed by atoms with E-state index in [1.54, 1.807) is 0 Å². The van der Waals surface area contributed by atoms with E-state index in [4.69, 9.17) is 22.1 Å². The molecule has 8 heteroatoms. The molecule has 0 saturated heterocycles. The minimum Gasteiger partial charge on any atom is -0.456 e. The second-order valence-electron chi connectivity index (χ2n) is 3.74. The van der Waals surface area contributed by atoms with Crippen LogP contribution in [0, 0.1) is 10.1 Å². The van der Waals surface area contributed by atoms with E-state index in [9.17, 15) is 14.9 Å². The summed E-state index contributed by atoms with van der Waals surface area (Å²) in [6.45, 7) is 0. The minimum atomic E-state index is -0.911. The van der Waals surface area contributed by atoms with Crippen molar-refractivity contribution in [2.45, 2.75) is 0 Å². The third-order valence-electron chi connectivity index (χ3n) is 2.35. The van der Waals surface area contributed by atoms with Crippen LogP contribution in [-0.4, -0.2) is 15.8 Å². The molecule has 0 atom stereocenters. The van der Waals surface area contributed by atoms with Crippen LogP contribution in [-0.2, 0) is 0 Å². The highest BCUT2D eigenvalue weighted by Crippen LogP contribution is 2.28. The standard InChI is InChI=1S/C12H8ClN3O4/c13-7-3-9(6-15-5-7)20-8-1-2-11(16(18)19)10(4-8)12(14)17/h1-6H,(H2,14,17). The Kier molecular flexibility index (Phi) is 3.81. The quantitative estimate of drug-likeness (QED) is 0.688. The first-order valence-electron chi connectivity index (χ1n) is 5.34. The molecule has 2 rings (SSSR count). The van der Waals surface area contributed by atoms with Gasteiger partial charge in [-0.3, -0.25) is 19.9 Å². The molecule has 1 amide bonds. The van der Waals surface area contributed by atoms with Crippen molar-refractivity contribution in [2.75, 3.05) is 0 Å². The molecule has 0 radical (unpaired) electrons. The Morgan fingerprint density at radius 1 is 1.30 bits per heavy atom. The van der Waals surface area contributed by atoms with Crippen LogP contribution in [0.4, 0.5) is 5.69 Å². The summed E-state index contributed by atoms with van der Waals surface area (Å²) in [7, 11) is 0. The van der Waals surface area contributed by atoms with E-state index in [-0.39, 0.29) is 17.0 Å². The van der Waals surface area contributed by atoms with Crippen molar-refractivity contribution in [1.29, 1.82) is 0 Å². The number of pyridine rings is 1. The van der Waals surface area contributed by atoms with Gasteiger partial charge in [-0.15, -0.1) is 0 Å². The summed E-state index contributed by atoms with van der Waals surface area (Å²) in [6.07, 6.45) is 2.84. The van der Waals surface area contributed by atoms with Crippen LogP contribution in [0.5, 0.6) is 11.5 Å². The molecule has 1 heterocycles. The van der Waals surface area contributed by atoms with E-state index < -0.39 is 10.8 Å². The molecule has 0 bridgehead atoms. The summed E-state index contributed by atoms with van der Waals surface area (Å²) in [5.41, 5.74) is 4.49. The lowest BCUT2D eigenvalue weighted by molar-refractivity contribution is -0.385. The minimum absolute atomic E-state index is 0.216. The van der Waals surface area contributed by atoms with Gasteiger partial charge in [0.25, 0.3) is 11.6 Å². The van der Waals surface area contributed by atoms with Gasteiger partial charge in [-0.05, 0) is 6.07 Å². The highest BCUT2D eigenvalue weighted by molar-refractivity contribution is 6.30. The summed E-state index contributed by atoms with van der Waals surface area (Å²) in [5, 5.41) is 11.1. The van der Waals surface area contributed by atoms with E-state index >= 15 is 0 Å². The molecule has 0 aliphatic rings. The Morgan fingerprint density at radius 3 is 2.65 bits per heavy atom. The number of carbonyl (C=O) groups excluding carboxylic acids is 1. The summed E-state index contributed by atoms with van der Waals surface area (Å²) in [4.78, 5) is 25.1. The summed E-state index contributed by atoms with van der Waals surface area (Å²) in [6, 6.07) is 5.21. The smallest absolute Gasteiger partial charge is 0.282 e. The van der Waals surface area contributed by atoms with Crippen LogP contribution in [0.3, 0.4) is 0 Å². The van der Waals surface area contributed by atoms with Crippen molar-refractivity contribution in [2.24, 2.45) is 5.73 Å². The number of nitro benzene ring substituents is 1. The van der Waals surface area contributed by atoms with Gasteiger partial charge in [-0.25, -0.2) is 0 Å². The molecule has 2 aromatic rings. The zero-order valence-electron chi connectivity index (χ0n) is 9.95. The zero-order chi connectivity index (χ0) is 14.7. The highest BCUT2D eigenvalue weighted by Gasteiger charge is 2.19. The van der Waals surface area contributed by atoms with Crippen molar-refractivity contribution >= 4 is 23.2 Å². The number of hydrogen-bond acceptors (Lipinski definition) is 5. The van der Waals surface area contributed by atoms with Gasteiger partial charge in [-0.2, -0.15) is 0 Å². The fourth-order valence-corrected chi connectivity index (χ4v) is 1.68. The van der Waals surface area contributed by atoms with Gasteiger partial charge in [0.05, 0.1) is 16.1 Å². The van der Waals surface area contributed by atoms with Crippen LogP contribution in [0.1, 0.15) is 10.4 Å². The number of nitro groups is 1. The van der Waals surface area contributed by atoms with Crippen molar-refractivity contribution in [3.63, 3.8) is 0 Å². The number of nitrogens with two attached hydrogens (primary N) is 1. The molecule has 2 N–H and O–H groups in total. The van der Waals surface area contributed by atoms with Crippen molar-refractivity contribution in [1.82, 2.24) is 4.98 Å². The van der Waals surface area contributed by atoms with Crippen LogP contribution in [0.15, 0.2) is 36.7 Å². The molecule has 0 aliphatic heterocycles. The van der Waals surface area contributed by atoms with Crippen LogP contribution in [0.2, 0.25) is 5.02 Å². The molecule has 0 unspecified atom stereocenters. The Balaban J connectivity index is 2.36. The van der Waals surface area contributed by atoms with Gasteiger partial charge in [0.15, 0.2) is 0 Å². The number of nitrogens with zero attached hydrogens (tertiary/aromatic N) is 2. The Bertz CT molecular complexity index is 690. The Morgan fingerprint density at radius 2 is 2.05 bits per heavy atom. The SMILES string of the molecule is NC(=O)c1cc(Oc2cncc(Cl)c2)ccc1[N+](=O)[O-]. The number of aromatic nitrogens is 1. The zero-order valence-corrected chi connectivity index (χ0v) is 10.7. The van der Waals surface area contributed by atoms with E-state index in [0.717, 1.165) is 6.07 Å². The van der Waals surface area contributed by atoms with Gasteiger partial charge >= 0.3 is 0 Å². The van der Waals surface area contributed by atoms with Gasteiger partial charge in [0, 0.05) is 24.4 Å². The van der Waals surface area contributed by atoms with Gasteiger partial charge in [0.1, 0.15) is 17.1 Å². The summed E-state index contributed by atoms with van der Waals surface area (Å²) >= 11 is 5.75. The third kappa shape index (κ3) is 3.01. The van der Waals surface area contributed by atoms with Gasteiger partial charge in [0.2, 0.25) is 0 Å². The number of rotatable bonds is 4. The fraction of sp³-hybridized carbons (Fsp3) is 0. The maximum Gasteiger partial charge on any atom is 0.282 e. The maximum atomic E-state index is 11.2. The van der Waals surface area contributed by atoms with E-state index in [1.807, 2.05) is 0 Å². The predicted molar refractivity (Wildman–Crippen MR) is 70.9 cm³/mol. The topological polar surface area (TPSA) is 108 Å². The van der Waals surface area contributed by atoms with Crippen molar-refractivity contribution < 1.29 is 14.5 Å². The Labute approximate surface area is 118 Å². The largest absolute Gasteiger partial charge is 0.456 e. The Hall–Kier alpha value is -2.67. The number of amides is 1. The highest BCUT2D eigenvalue weighted by atomic mass is 35.5. The normalized spacial score (nSPS) is 10.1. The molecule has 1 aromatic heterocycles. The van der Waals surface area contributed by atoms with E-state index in [2.05, 4.69) is 4.98 Å². The number of ether oxygens (including phenoxy) is 1. The molecular weight excluding hydrogens is 286 g/mol. The summed E-state index contributed by atoms with van der Waals surface area (Å²) < 4.78 is 5.41. The number of carbonyl (C=O) groups is 1. The molecular formula is C12H8ClN3O4. The monoisotopic (exact) mass is 293 g/mol. The average molecular weight is 294 g/mol. The number of hydrogen-bond donors (Lipinski definition) is 1. The van der Waals surface area contributed by atoms with Gasteiger partial charge < -0.3 is 10.5 Å². The van der Waals surface area contributed by atoms with Gasteiger partial charge in [-0.1, -0.05) is 11.6 Å². The molecule has 20 heavy (non-hydrogen) atoms. The van der Waals surface area contributed by atoms with E-state index in [1.165, 1.54) is 30.6 Å². The second kappa shape index (κ2) is 5.54. The number of halogens is 1. The molecule has 0 aliphatic carbocycles. The predicted octanol–water partition coefficient (Wildman–Crippen LogP) is 2.53. The number of primary amides is 1. The van der Waals surface area contributed by atoms with Crippen molar-refractivity contribution in [3.8, 4) is 11.5 Å². The number of benzene rings is 1. The van der Waals surface area contributed by atoms with Crippen LogP contribution < -0.4 is 10.5 Å². The molecule has 0 fully saturated rings. The van der Waals surface area contributed by atoms with E-state index in [0.29, 0.717) is 10.8 Å². The van der Waals surface area contributed by atoms with Crippen LogP contribution in [0.25, 0.3) is 0 Å². The summed E-state index contributed by atoms with van der Waals surface area (Å²) in [5.74, 6) is -0.360. The first-order valence-corrected chi connectivity index (χ1v) is 5.72. The third-order valence-corrected chi connectivity index (χ3v) is 2.55. The lowest BCUT2D eigenvalue weighted by Crippen LogP contribution is -2.13. The maximum absolute atomic E-state index is 11.2. The first-order chi connectivity index (χ1) is 9.47. The lowest BCUT2D eigenvalue weighted by atomic mass is 10.1. The van der Waals surface area contributed by atoms with Crippen molar-refractivity contribution in [3.05, 3.63) is 57.4 Å². The molecule has 7 nitrogen and oxygen atoms in total.